The average Bonchev–Trinajstić information content (AvgIpc) is 3.05. The number of hydrogen-bond donors (Lipinski definition) is 3. The second kappa shape index (κ2) is 5.85. The maximum absolute atomic E-state index is 12.8. The molecule has 0 bridgehead atoms. The number of nitrogens with zero attached hydrogens (tertiary/aromatic N) is 1. The Balaban J connectivity index is 2.32. The van der Waals surface area contributed by atoms with Gasteiger partial charge < -0.3 is 15.3 Å². The number of carbonyl (C=O) groups is 2. The van der Waals surface area contributed by atoms with E-state index in [2.05, 4.69) is 0 Å². The highest BCUT2D eigenvalue weighted by molar-refractivity contribution is 7.12. The molecule has 0 radical (unpaired) electrons. The van der Waals surface area contributed by atoms with Crippen LogP contribution in [0.3, 0.4) is 0 Å². The van der Waals surface area contributed by atoms with Crippen molar-refractivity contribution in [3.8, 4) is 10.8 Å². The van der Waals surface area contributed by atoms with Crippen LogP contribution < -0.4 is 0 Å². The maximum atomic E-state index is 12.8. The Kier molecular flexibility index (Phi) is 3.98. The fourth-order valence-corrected chi connectivity index (χ4v) is 3.61. The molecule has 1 aromatic carbocycles. The minimum absolute atomic E-state index is 0.00608. The number of aromatic nitrogens is 1. The lowest BCUT2D eigenvalue weighted by molar-refractivity contribution is -0.136. The number of benzene rings is 1. The summed E-state index contributed by atoms with van der Waals surface area (Å²) < 4.78 is 1.35. The fraction of sp³-hybridized carbons (Fsp3) is 0.125. The third-order valence-electron chi connectivity index (χ3n) is 3.78. The maximum Gasteiger partial charge on any atom is 0.307 e. The van der Waals surface area contributed by atoms with E-state index >= 15 is 0 Å². The molecule has 0 spiro atoms. The lowest BCUT2D eigenvalue weighted by atomic mass is 10.1. The molecule has 0 aliphatic carbocycles. The van der Waals surface area contributed by atoms with Crippen molar-refractivity contribution < 1.29 is 24.9 Å². The SMILES string of the molecule is Cc1c(CC(=O)O)c2c(Cl)c(O)ccc2n1C(=O)c1csc(O)c1. The second-order valence-corrected chi connectivity index (χ2v) is 6.51. The standard InChI is InChI=1S/C16H12ClNO5S/c1-7-9(5-12(20)21)14-10(2-3-11(19)15(14)17)18(7)16(23)8-4-13(22)24-6-8/h2-4,6,19,22H,5H2,1H3,(H,20,21). The van der Waals surface area contributed by atoms with Crippen LogP contribution in [0.2, 0.25) is 5.02 Å². The van der Waals surface area contributed by atoms with Crippen molar-refractivity contribution in [2.45, 2.75) is 13.3 Å². The van der Waals surface area contributed by atoms with Crippen LogP contribution in [0.4, 0.5) is 0 Å². The smallest absolute Gasteiger partial charge is 0.307 e. The number of phenols is 1. The number of carbonyl (C=O) groups excluding carboxylic acids is 1. The molecule has 3 aromatic rings. The summed E-state index contributed by atoms with van der Waals surface area (Å²) in [6, 6.07) is 4.21. The molecule has 3 N–H and O–H groups in total. The molecule has 124 valence electrons. The van der Waals surface area contributed by atoms with E-state index in [0.29, 0.717) is 22.2 Å². The predicted molar refractivity (Wildman–Crippen MR) is 90.4 cm³/mol. The molecule has 0 aliphatic rings. The monoisotopic (exact) mass is 365 g/mol. The molecular formula is C16H12ClNO5S. The molecule has 8 heteroatoms. The Bertz CT molecular complexity index is 988. The summed E-state index contributed by atoms with van der Waals surface area (Å²) in [4.78, 5) is 24.0. The van der Waals surface area contributed by atoms with Crippen LogP contribution >= 0.6 is 22.9 Å². The van der Waals surface area contributed by atoms with E-state index in [4.69, 9.17) is 16.7 Å². The van der Waals surface area contributed by atoms with E-state index in [9.17, 15) is 19.8 Å². The molecule has 0 aliphatic heterocycles. The van der Waals surface area contributed by atoms with E-state index in [1.165, 1.54) is 28.1 Å². The molecule has 6 nitrogen and oxygen atoms in total. The zero-order valence-corrected chi connectivity index (χ0v) is 14.0. The minimum atomic E-state index is -1.07. The summed E-state index contributed by atoms with van der Waals surface area (Å²) in [7, 11) is 0. The van der Waals surface area contributed by atoms with Crippen LogP contribution in [-0.2, 0) is 11.2 Å². The molecule has 2 heterocycles. The van der Waals surface area contributed by atoms with Gasteiger partial charge in [0.05, 0.1) is 22.5 Å². The van der Waals surface area contributed by atoms with Crippen molar-refractivity contribution >= 4 is 45.7 Å². The highest BCUT2D eigenvalue weighted by Gasteiger charge is 2.24. The summed E-state index contributed by atoms with van der Waals surface area (Å²) in [6.45, 7) is 1.62. The van der Waals surface area contributed by atoms with Gasteiger partial charge in [-0.3, -0.25) is 14.2 Å². The Morgan fingerprint density at radius 1 is 1.29 bits per heavy atom. The minimum Gasteiger partial charge on any atom is -0.506 e. The van der Waals surface area contributed by atoms with E-state index in [0.717, 1.165) is 11.3 Å². The van der Waals surface area contributed by atoms with Crippen molar-refractivity contribution in [1.82, 2.24) is 4.57 Å². The first-order valence-electron chi connectivity index (χ1n) is 6.86. The van der Waals surface area contributed by atoms with Gasteiger partial charge in [0.1, 0.15) is 5.75 Å². The highest BCUT2D eigenvalue weighted by atomic mass is 35.5. The molecule has 0 fully saturated rings. The van der Waals surface area contributed by atoms with Gasteiger partial charge in [-0.15, -0.1) is 11.3 Å². The van der Waals surface area contributed by atoms with Gasteiger partial charge in [0.15, 0.2) is 5.06 Å². The number of carboxylic acid groups (broad SMARTS) is 1. The van der Waals surface area contributed by atoms with E-state index in [1.807, 2.05) is 0 Å². The number of phenolic OH excluding ortho intramolecular Hbond substituents is 1. The molecule has 3 rings (SSSR count). The summed E-state index contributed by atoms with van der Waals surface area (Å²) in [6.07, 6.45) is -0.333. The van der Waals surface area contributed by atoms with Crippen LogP contribution in [0.5, 0.6) is 10.8 Å². The van der Waals surface area contributed by atoms with Gasteiger partial charge >= 0.3 is 5.97 Å². The van der Waals surface area contributed by atoms with E-state index in [1.54, 1.807) is 6.92 Å². The van der Waals surface area contributed by atoms with Crippen LogP contribution in [0.1, 0.15) is 21.6 Å². The number of rotatable bonds is 3. The largest absolute Gasteiger partial charge is 0.506 e. The first-order valence-corrected chi connectivity index (χ1v) is 8.12. The van der Waals surface area contributed by atoms with Gasteiger partial charge in [-0.1, -0.05) is 11.6 Å². The van der Waals surface area contributed by atoms with Crippen molar-refractivity contribution in [1.29, 1.82) is 0 Å². The zero-order chi connectivity index (χ0) is 17.6. The van der Waals surface area contributed by atoms with E-state index < -0.39 is 11.9 Å². The lowest BCUT2D eigenvalue weighted by Gasteiger charge is -2.06. The first kappa shape index (κ1) is 16.4. The normalized spacial score (nSPS) is 11.1. The zero-order valence-electron chi connectivity index (χ0n) is 12.4. The molecule has 0 saturated heterocycles. The van der Waals surface area contributed by atoms with Crippen LogP contribution in [0, 0.1) is 6.92 Å². The van der Waals surface area contributed by atoms with Gasteiger partial charge in [0, 0.05) is 22.5 Å². The predicted octanol–water partition coefficient (Wildman–Crippen LogP) is 3.39. The van der Waals surface area contributed by atoms with Gasteiger partial charge in [0.2, 0.25) is 0 Å². The number of aromatic hydroxyl groups is 2. The van der Waals surface area contributed by atoms with E-state index in [-0.39, 0.29) is 27.8 Å². The van der Waals surface area contributed by atoms with Gasteiger partial charge in [0.25, 0.3) is 5.91 Å². The third-order valence-corrected chi connectivity index (χ3v) is 4.89. The summed E-state index contributed by atoms with van der Waals surface area (Å²) in [5.74, 6) is -1.67. The lowest BCUT2D eigenvalue weighted by Crippen LogP contribution is -2.13. The molecule has 0 saturated carbocycles. The van der Waals surface area contributed by atoms with Crippen molar-refractivity contribution in [3.05, 3.63) is 45.4 Å². The Morgan fingerprint density at radius 3 is 2.58 bits per heavy atom. The number of aliphatic carboxylic acids is 1. The topological polar surface area (TPSA) is 99.8 Å². The molecular weight excluding hydrogens is 354 g/mol. The Morgan fingerprint density at radius 2 is 2.00 bits per heavy atom. The number of hydrogen-bond acceptors (Lipinski definition) is 5. The Labute approximate surface area is 145 Å². The molecule has 0 amide bonds. The molecule has 0 unspecified atom stereocenters. The van der Waals surface area contributed by atoms with Crippen molar-refractivity contribution in [3.63, 3.8) is 0 Å². The van der Waals surface area contributed by atoms with Crippen molar-refractivity contribution in [2.24, 2.45) is 0 Å². The molecule has 2 aromatic heterocycles. The molecule has 24 heavy (non-hydrogen) atoms. The first-order chi connectivity index (χ1) is 11.3. The number of halogens is 1. The van der Waals surface area contributed by atoms with Gasteiger partial charge in [-0.2, -0.15) is 0 Å². The van der Waals surface area contributed by atoms with Gasteiger partial charge in [-0.25, -0.2) is 0 Å². The number of thiophene rings is 1. The quantitative estimate of drug-likeness (QED) is 0.660. The summed E-state index contributed by atoms with van der Waals surface area (Å²) >= 11 is 7.17. The fourth-order valence-electron chi connectivity index (χ4n) is 2.72. The molecule has 0 atom stereocenters. The van der Waals surface area contributed by atoms with Gasteiger partial charge in [-0.05, 0) is 24.6 Å². The number of fused-ring (bicyclic) bond motifs is 1. The van der Waals surface area contributed by atoms with Crippen molar-refractivity contribution in [2.75, 3.05) is 0 Å². The summed E-state index contributed by atoms with van der Waals surface area (Å²) in [5.41, 5.74) is 1.48. The third kappa shape index (κ3) is 2.51. The Hall–Kier alpha value is -2.51. The average molecular weight is 366 g/mol. The second-order valence-electron chi connectivity index (χ2n) is 5.24. The van der Waals surface area contributed by atoms with Crippen LogP contribution in [0.15, 0.2) is 23.6 Å². The number of carboxylic acids is 1. The van der Waals surface area contributed by atoms with Crippen LogP contribution in [0.25, 0.3) is 10.9 Å². The highest BCUT2D eigenvalue weighted by Crippen LogP contribution is 2.38. The summed E-state index contributed by atoms with van der Waals surface area (Å²) in [5, 5.41) is 30.3. The van der Waals surface area contributed by atoms with Crippen LogP contribution in [-0.4, -0.2) is 31.8 Å².